The second kappa shape index (κ2) is 10.3. The Labute approximate surface area is 150 Å². The highest BCUT2D eigenvalue weighted by molar-refractivity contribution is 9.09. The predicted octanol–water partition coefficient (Wildman–Crippen LogP) is 2.01. The van der Waals surface area contributed by atoms with Crippen LogP contribution in [0.25, 0.3) is 0 Å². The summed E-state index contributed by atoms with van der Waals surface area (Å²) in [6.07, 6.45) is 1.44. The SMILES string of the molecule is O=C(CBr)NCCC(Cc1ccccc1)NC(=O)OC1CCOC1. The van der Waals surface area contributed by atoms with E-state index in [2.05, 4.69) is 26.6 Å². The molecule has 0 aromatic heterocycles. The first kappa shape index (κ1) is 18.7. The molecule has 24 heavy (non-hydrogen) atoms. The Morgan fingerprint density at radius 3 is 2.79 bits per heavy atom. The van der Waals surface area contributed by atoms with Crippen molar-refractivity contribution >= 4 is 27.9 Å². The first-order valence-electron chi connectivity index (χ1n) is 8.09. The lowest BCUT2D eigenvalue weighted by atomic mass is 10.0. The molecule has 132 valence electrons. The first-order chi connectivity index (χ1) is 11.7. The molecule has 1 aliphatic heterocycles. The molecule has 6 nitrogen and oxygen atoms in total. The highest BCUT2D eigenvalue weighted by atomic mass is 79.9. The minimum Gasteiger partial charge on any atom is -0.444 e. The number of hydrogen-bond donors (Lipinski definition) is 2. The molecule has 2 unspecified atom stereocenters. The van der Waals surface area contributed by atoms with Gasteiger partial charge in [0.15, 0.2) is 0 Å². The Morgan fingerprint density at radius 1 is 1.33 bits per heavy atom. The highest BCUT2D eigenvalue weighted by Gasteiger charge is 2.21. The van der Waals surface area contributed by atoms with Crippen molar-refractivity contribution in [2.45, 2.75) is 31.4 Å². The Hall–Kier alpha value is -1.60. The van der Waals surface area contributed by atoms with E-state index in [-0.39, 0.29) is 23.4 Å². The van der Waals surface area contributed by atoms with Gasteiger partial charge in [0, 0.05) is 19.0 Å². The summed E-state index contributed by atoms with van der Waals surface area (Å²) in [6, 6.07) is 9.80. The zero-order chi connectivity index (χ0) is 17.2. The second-order valence-corrected chi connectivity index (χ2v) is 6.25. The van der Waals surface area contributed by atoms with Crippen LogP contribution >= 0.6 is 15.9 Å². The van der Waals surface area contributed by atoms with Gasteiger partial charge in [0.05, 0.1) is 18.5 Å². The van der Waals surface area contributed by atoms with Crippen LogP contribution in [-0.4, -0.2) is 49.2 Å². The summed E-state index contributed by atoms with van der Waals surface area (Å²) in [6.45, 7) is 1.58. The van der Waals surface area contributed by atoms with Crippen molar-refractivity contribution < 1.29 is 19.1 Å². The van der Waals surface area contributed by atoms with Gasteiger partial charge in [0.25, 0.3) is 0 Å². The molecule has 0 aliphatic carbocycles. The molecule has 7 heteroatoms. The van der Waals surface area contributed by atoms with Gasteiger partial charge in [-0.2, -0.15) is 0 Å². The van der Waals surface area contributed by atoms with Gasteiger partial charge < -0.3 is 20.1 Å². The van der Waals surface area contributed by atoms with Crippen LogP contribution in [0.4, 0.5) is 4.79 Å². The number of halogens is 1. The maximum atomic E-state index is 12.1. The molecule has 2 atom stereocenters. The summed E-state index contributed by atoms with van der Waals surface area (Å²) >= 11 is 3.11. The number of rotatable bonds is 8. The minimum atomic E-state index is -0.432. The van der Waals surface area contributed by atoms with Crippen LogP contribution in [0.1, 0.15) is 18.4 Å². The fraction of sp³-hybridized carbons (Fsp3) is 0.529. The number of carbonyl (C=O) groups excluding carboxylic acids is 2. The largest absolute Gasteiger partial charge is 0.444 e. The number of hydrogen-bond acceptors (Lipinski definition) is 4. The van der Waals surface area contributed by atoms with Crippen molar-refractivity contribution in [3.8, 4) is 0 Å². The average molecular weight is 399 g/mol. The molecule has 1 aromatic rings. The van der Waals surface area contributed by atoms with Gasteiger partial charge in [-0.05, 0) is 18.4 Å². The van der Waals surface area contributed by atoms with Crippen LogP contribution in [0.5, 0.6) is 0 Å². The van der Waals surface area contributed by atoms with Crippen molar-refractivity contribution in [2.24, 2.45) is 0 Å². The molecular formula is C17H23BrN2O4. The van der Waals surface area contributed by atoms with Gasteiger partial charge in [-0.15, -0.1) is 0 Å². The van der Waals surface area contributed by atoms with Gasteiger partial charge in [-0.25, -0.2) is 4.79 Å². The summed E-state index contributed by atoms with van der Waals surface area (Å²) in [5.41, 5.74) is 1.12. The number of alkyl halides is 1. The van der Waals surface area contributed by atoms with Gasteiger partial charge in [0.2, 0.25) is 5.91 Å². The lowest BCUT2D eigenvalue weighted by molar-refractivity contribution is -0.118. The van der Waals surface area contributed by atoms with Crippen molar-refractivity contribution in [2.75, 3.05) is 25.1 Å². The monoisotopic (exact) mass is 398 g/mol. The van der Waals surface area contributed by atoms with Crippen LogP contribution in [-0.2, 0) is 20.7 Å². The average Bonchev–Trinajstić information content (AvgIpc) is 3.08. The third-order valence-electron chi connectivity index (χ3n) is 3.74. The van der Waals surface area contributed by atoms with Crippen LogP contribution in [0.2, 0.25) is 0 Å². The maximum absolute atomic E-state index is 12.1. The van der Waals surface area contributed by atoms with E-state index in [4.69, 9.17) is 9.47 Å². The van der Waals surface area contributed by atoms with E-state index >= 15 is 0 Å². The van der Waals surface area contributed by atoms with Gasteiger partial charge in [0.1, 0.15) is 6.10 Å². The van der Waals surface area contributed by atoms with Crippen LogP contribution in [0.15, 0.2) is 30.3 Å². The lowest BCUT2D eigenvalue weighted by Gasteiger charge is -2.20. The number of alkyl carbamates (subject to hydrolysis) is 1. The quantitative estimate of drug-likeness (QED) is 0.656. The molecular weight excluding hydrogens is 376 g/mol. The second-order valence-electron chi connectivity index (χ2n) is 5.69. The molecule has 0 bridgehead atoms. The third-order valence-corrected chi connectivity index (χ3v) is 4.25. The van der Waals surface area contributed by atoms with E-state index in [1.807, 2.05) is 30.3 Å². The van der Waals surface area contributed by atoms with E-state index in [1.165, 1.54) is 0 Å². The van der Waals surface area contributed by atoms with E-state index in [0.29, 0.717) is 32.6 Å². The zero-order valence-electron chi connectivity index (χ0n) is 13.5. The van der Waals surface area contributed by atoms with E-state index in [1.54, 1.807) is 0 Å². The molecule has 1 fully saturated rings. The van der Waals surface area contributed by atoms with Gasteiger partial charge in [-0.3, -0.25) is 4.79 Å². The Kier molecular flexibility index (Phi) is 8.04. The maximum Gasteiger partial charge on any atom is 0.407 e. The molecule has 2 rings (SSSR count). The lowest BCUT2D eigenvalue weighted by Crippen LogP contribution is -2.41. The Bertz CT molecular complexity index is 521. The van der Waals surface area contributed by atoms with Gasteiger partial charge in [-0.1, -0.05) is 46.3 Å². The Morgan fingerprint density at radius 2 is 2.12 bits per heavy atom. The fourth-order valence-electron chi connectivity index (χ4n) is 2.51. The van der Waals surface area contributed by atoms with Crippen molar-refractivity contribution in [3.63, 3.8) is 0 Å². The smallest absolute Gasteiger partial charge is 0.407 e. The van der Waals surface area contributed by atoms with Crippen molar-refractivity contribution in [3.05, 3.63) is 35.9 Å². The van der Waals surface area contributed by atoms with Crippen LogP contribution < -0.4 is 10.6 Å². The molecule has 0 radical (unpaired) electrons. The summed E-state index contributed by atoms with van der Waals surface area (Å²) in [7, 11) is 0. The number of benzene rings is 1. The van der Waals surface area contributed by atoms with Crippen molar-refractivity contribution in [1.82, 2.24) is 10.6 Å². The normalized spacial score (nSPS) is 18.0. The van der Waals surface area contributed by atoms with E-state index < -0.39 is 6.09 Å². The molecule has 1 heterocycles. The number of nitrogens with one attached hydrogen (secondary N) is 2. The Balaban J connectivity index is 1.85. The van der Waals surface area contributed by atoms with Gasteiger partial charge >= 0.3 is 6.09 Å². The molecule has 1 aliphatic rings. The van der Waals surface area contributed by atoms with E-state index in [0.717, 1.165) is 12.0 Å². The molecule has 2 N–H and O–H groups in total. The molecule has 2 amide bonds. The van der Waals surface area contributed by atoms with Crippen LogP contribution in [0, 0.1) is 0 Å². The molecule has 1 saturated heterocycles. The number of ether oxygens (including phenoxy) is 2. The molecule has 0 spiro atoms. The van der Waals surface area contributed by atoms with Crippen molar-refractivity contribution in [1.29, 1.82) is 0 Å². The highest BCUT2D eigenvalue weighted by Crippen LogP contribution is 2.10. The number of amides is 2. The summed E-state index contributed by atoms with van der Waals surface area (Å²) in [4.78, 5) is 23.4. The standard InChI is InChI=1S/C17H23BrN2O4/c18-11-16(21)19-8-6-14(10-13-4-2-1-3-5-13)20-17(22)24-15-7-9-23-12-15/h1-5,14-15H,6-12H2,(H,19,21)(H,20,22). The van der Waals surface area contributed by atoms with Crippen LogP contribution in [0.3, 0.4) is 0 Å². The fourth-order valence-corrected chi connectivity index (χ4v) is 2.71. The number of carbonyl (C=O) groups is 2. The molecule has 0 saturated carbocycles. The zero-order valence-corrected chi connectivity index (χ0v) is 15.1. The summed E-state index contributed by atoms with van der Waals surface area (Å²) in [5, 5.41) is 5.97. The first-order valence-corrected chi connectivity index (χ1v) is 9.21. The minimum absolute atomic E-state index is 0.0702. The van der Waals surface area contributed by atoms with E-state index in [9.17, 15) is 9.59 Å². The molecule has 1 aromatic carbocycles. The topological polar surface area (TPSA) is 76.7 Å². The summed E-state index contributed by atoms with van der Waals surface area (Å²) in [5.74, 6) is -0.0702. The summed E-state index contributed by atoms with van der Waals surface area (Å²) < 4.78 is 10.6. The predicted molar refractivity (Wildman–Crippen MR) is 94.2 cm³/mol. The third kappa shape index (κ3) is 6.88.